The molecule has 0 spiro atoms. The Bertz CT molecular complexity index is 231. The SMILES string of the molecule is C.COc1cc(C)ccc1O. The summed E-state index contributed by atoms with van der Waals surface area (Å²) in [5, 5.41) is 9.11. The molecule has 0 unspecified atom stereocenters. The highest BCUT2D eigenvalue weighted by atomic mass is 16.5. The van der Waals surface area contributed by atoms with Crippen LogP contribution >= 0.6 is 0 Å². The van der Waals surface area contributed by atoms with Crippen LogP contribution in [0.1, 0.15) is 13.0 Å². The second kappa shape index (κ2) is 3.86. The Labute approximate surface area is 67.4 Å². The van der Waals surface area contributed by atoms with Gasteiger partial charge in [0, 0.05) is 0 Å². The molecule has 1 rings (SSSR count). The summed E-state index contributed by atoms with van der Waals surface area (Å²) in [4.78, 5) is 0. The normalized spacial score (nSPS) is 8.55. The van der Waals surface area contributed by atoms with Gasteiger partial charge in [0.05, 0.1) is 7.11 Å². The summed E-state index contributed by atoms with van der Waals surface area (Å²) in [6, 6.07) is 5.24. The molecule has 1 aromatic carbocycles. The minimum Gasteiger partial charge on any atom is -0.504 e. The molecular weight excluding hydrogens is 140 g/mol. The Balaban J connectivity index is 0.000001000. The summed E-state index contributed by atoms with van der Waals surface area (Å²) < 4.78 is 4.88. The third-order valence-corrected chi connectivity index (χ3v) is 1.34. The third-order valence-electron chi connectivity index (χ3n) is 1.34. The minimum absolute atomic E-state index is 0. The number of hydrogen-bond acceptors (Lipinski definition) is 2. The van der Waals surface area contributed by atoms with Crippen molar-refractivity contribution in [1.29, 1.82) is 0 Å². The molecule has 62 valence electrons. The molecule has 0 fully saturated rings. The second-order valence-corrected chi connectivity index (χ2v) is 2.18. The predicted octanol–water partition coefficient (Wildman–Crippen LogP) is 2.35. The van der Waals surface area contributed by atoms with Crippen LogP contribution in [0.5, 0.6) is 11.5 Å². The Hall–Kier alpha value is -1.18. The smallest absolute Gasteiger partial charge is 0.160 e. The lowest BCUT2D eigenvalue weighted by Crippen LogP contribution is -1.83. The van der Waals surface area contributed by atoms with Crippen LogP contribution in [0.3, 0.4) is 0 Å². The molecule has 0 bridgehead atoms. The van der Waals surface area contributed by atoms with Gasteiger partial charge in [0.1, 0.15) is 0 Å². The Morgan fingerprint density at radius 1 is 1.36 bits per heavy atom. The van der Waals surface area contributed by atoms with Gasteiger partial charge in [-0.25, -0.2) is 0 Å². The van der Waals surface area contributed by atoms with Crippen molar-refractivity contribution in [3.63, 3.8) is 0 Å². The van der Waals surface area contributed by atoms with Crippen LogP contribution in [-0.4, -0.2) is 12.2 Å². The fraction of sp³-hybridized carbons (Fsp3) is 0.333. The summed E-state index contributed by atoms with van der Waals surface area (Å²) in [6.07, 6.45) is 0. The van der Waals surface area contributed by atoms with Crippen molar-refractivity contribution in [2.75, 3.05) is 7.11 Å². The van der Waals surface area contributed by atoms with Gasteiger partial charge in [0.2, 0.25) is 0 Å². The zero-order valence-electron chi connectivity index (χ0n) is 6.09. The predicted molar refractivity (Wildman–Crippen MR) is 46.1 cm³/mol. The lowest BCUT2D eigenvalue weighted by molar-refractivity contribution is 0.373. The van der Waals surface area contributed by atoms with Gasteiger partial charge in [0.15, 0.2) is 11.5 Å². The van der Waals surface area contributed by atoms with E-state index >= 15 is 0 Å². The molecule has 1 aromatic rings. The van der Waals surface area contributed by atoms with E-state index < -0.39 is 0 Å². The van der Waals surface area contributed by atoms with E-state index in [1.807, 2.05) is 13.0 Å². The van der Waals surface area contributed by atoms with E-state index in [1.165, 1.54) is 7.11 Å². The summed E-state index contributed by atoms with van der Waals surface area (Å²) in [7, 11) is 1.54. The van der Waals surface area contributed by atoms with Crippen LogP contribution in [0.2, 0.25) is 0 Å². The number of benzene rings is 1. The molecule has 0 aliphatic heterocycles. The monoisotopic (exact) mass is 154 g/mol. The number of phenolic OH excluding ortho intramolecular Hbond substituents is 1. The lowest BCUT2D eigenvalue weighted by Gasteiger charge is -2.02. The molecule has 0 aliphatic carbocycles. The van der Waals surface area contributed by atoms with Gasteiger partial charge in [-0.1, -0.05) is 13.5 Å². The van der Waals surface area contributed by atoms with Crippen LogP contribution in [0.4, 0.5) is 0 Å². The van der Waals surface area contributed by atoms with Crippen LogP contribution in [0.15, 0.2) is 18.2 Å². The van der Waals surface area contributed by atoms with Gasteiger partial charge >= 0.3 is 0 Å². The van der Waals surface area contributed by atoms with Crippen molar-refractivity contribution >= 4 is 0 Å². The number of phenols is 1. The van der Waals surface area contributed by atoms with Gasteiger partial charge < -0.3 is 9.84 Å². The fourth-order valence-electron chi connectivity index (χ4n) is 0.785. The summed E-state index contributed by atoms with van der Waals surface area (Å²) in [5.41, 5.74) is 1.08. The summed E-state index contributed by atoms with van der Waals surface area (Å²) in [5.74, 6) is 0.716. The first kappa shape index (κ1) is 9.82. The van der Waals surface area contributed by atoms with Crippen molar-refractivity contribution in [3.05, 3.63) is 23.8 Å². The fourth-order valence-corrected chi connectivity index (χ4v) is 0.785. The molecule has 0 saturated carbocycles. The maximum absolute atomic E-state index is 9.11. The highest BCUT2D eigenvalue weighted by Crippen LogP contribution is 2.25. The Kier molecular flexibility index (Phi) is 3.45. The number of ether oxygens (including phenoxy) is 1. The molecule has 11 heavy (non-hydrogen) atoms. The van der Waals surface area contributed by atoms with Crippen LogP contribution in [0, 0.1) is 6.92 Å². The van der Waals surface area contributed by atoms with Crippen molar-refractivity contribution in [1.82, 2.24) is 0 Å². The zero-order chi connectivity index (χ0) is 7.56. The standard InChI is InChI=1S/C8H10O2.CH4/c1-6-3-4-7(9)8(5-6)10-2;/h3-5,9H,1-2H3;1H4. The van der Waals surface area contributed by atoms with Crippen molar-refractivity contribution in [2.24, 2.45) is 0 Å². The minimum atomic E-state index is 0. The van der Waals surface area contributed by atoms with E-state index in [0.29, 0.717) is 5.75 Å². The molecule has 0 aromatic heterocycles. The molecule has 0 atom stereocenters. The first-order chi connectivity index (χ1) is 4.74. The van der Waals surface area contributed by atoms with Crippen LogP contribution in [-0.2, 0) is 0 Å². The Morgan fingerprint density at radius 2 is 2.00 bits per heavy atom. The van der Waals surface area contributed by atoms with Gasteiger partial charge in [0.25, 0.3) is 0 Å². The number of hydrogen-bond donors (Lipinski definition) is 1. The number of methoxy groups -OCH3 is 1. The molecular formula is C9H14O2. The quantitative estimate of drug-likeness (QED) is 0.672. The topological polar surface area (TPSA) is 29.5 Å². The highest BCUT2D eigenvalue weighted by molar-refractivity contribution is 5.41. The number of aryl methyl sites for hydroxylation is 1. The van der Waals surface area contributed by atoms with Crippen molar-refractivity contribution in [2.45, 2.75) is 14.4 Å². The van der Waals surface area contributed by atoms with E-state index in [-0.39, 0.29) is 13.2 Å². The van der Waals surface area contributed by atoms with E-state index in [4.69, 9.17) is 9.84 Å². The van der Waals surface area contributed by atoms with Gasteiger partial charge in [-0.05, 0) is 24.6 Å². The summed E-state index contributed by atoms with van der Waals surface area (Å²) >= 11 is 0. The van der Waals surface area contributed by atoms with Gasteiger partial charge in [-0.15, -0.1) is 0 Å². The van der Waals surface area contributed by atoms with Crippen molar-refractivity contribution in [3.8, 4) is 11.5 Å². The molecule has 2 heteroatoms. The first-order valence-corrected chi connectivity index (χ1v) is 3.07. The van der Waals surface area contributed by atoms with Gasteiger partial charge in [-0.3, -0.25) is 0 Å². The number of aromatic hydroxyl groups is 1. The molecule has 0 saturated heterocycles. The van der Waals surface area contributed by atoms with Crippen molar-refractivity contribution < 1.29 is 9.84 Å². The van der Waals surface area contributed by atoms with Crippen LogP contribution < -0.4 is 4.74 Å². The average Bonchev–Trinajstić information content (AvgIpc) is 1.94. The Morgan fingerprint density at radius 3 is 2.45 bits per heavy atom. The molecule has 0 amide bonds. The third kappa shape index (κ3) is 2.15. The maximum atomic E-state index is 9.11. The average molecular weight is 154 g/mol. The van der Waals surface area contributed by atoms with Crippen LogP contribution in [0.25, 0.3) is 0 Å². The summed E-state index contributed by atoms with van der Waals surface area (Å²) in [6.45, 7) is 1.95. The molecule has 0 radical (unpaired) electrons. The van der Waals surface area contributed by atoms with E-state index in [0.717, 1.165) is 5.56 Å². The second-order valence-electron chi connectivity index (χ2n) is 2.18. The largest absolute Gasteiger partial charge is 0.504 e. The van der Waals surface area contributed by atoms with E-state index in [1.54, 1.807) is 12.1 Å². The first-order valence-electron chi connectivity index (χ1n) is 3.07. The van der Waals surface area contributed by atoms with E-state index in [2.05, 4.69) is 0 Å². The highest BCUT2D eigenvalue weighted by Gasteiger charge is 1.97. The van der Waals surface area contributed by atoms with Gasteiger partial charge in [-0.2, -0.15) is 0 Å². The molecule has 1 N–H and O–H groups in total. The number of rotatable bonds is 1. The maximum Gasteiger partial charge on any atom is 0.160 e. The molecule has 2 nitrogen and oxygen atoms in total. The van der Waals surface area contributed by atoms with E-state index in [9.17, 15) is 0 Å². The molecule has 0 heterocycles. The lowest BCUT2D eigenvalue weighted by atomic mass is 10.2. The molecule has 0 aliphatic rings. The zero-order valence-corrected chi connectivity index (χ0v) is 6.09.